The average Bonchev–Trinajstić information content (AvgIpc) is 2.70. The number of anilines is 1. The van der Waals surface area contributed by atoms with Crippen molar-refractivity contribution in [2.45, 2.75) is 63.8 Å². The summed E-state index contributed by atoms with van der Waals surface area (Å²) in [5.41, 5.74) is 6.57. The van der Waals surface area contributed by atoms with Crippen molar-refractivity contribution in [2.75, 3.05) is 32.5 Å². The summed E-state index contributed by atoms with van der Waals surface area (Å²) in [6.45, 7) is 5.48. The molecule has 0 unspecified atom stereocenters. The van der Waals surface area contributed by atoms with Crippen LogP contribution in [0.1, 0.15) is 68.6 Å². The lowest BCUT2D eigenvalue weighted by atomic mass is 9.80. The molecule has 1 saturated heterocycles. The minimum atomic E-state index is -0.173. The molecule has 0 radical (unpaired) electrons. The molecule has 6 heteroatoms. The molecule has 5 nitrogen and oxygen atoms in total. The van der Waals surface area contributed by atoms with Crippen LogP contribution in [0.15, 0.2) is 12.1 Å². The number of carbonyl (C=O) groups is 1. The molecule has 2 fully saturated rings. The maximum Gasteiger partial charge on any atom is 0.255 e. The quantitative estimate of drug-likeness (QED) is 0.682. The van der Waals surface area contributed by atoms with Crippen molar-refractivity contribution in [1.82, 2.24) is 10.2 Å². The highest BCUT2D eigenvalue weighted by Gasteiger charge is 2.37. The molecule has 3 rings (SSSR count). The van der Waals surface area contributed by atoms with E-state index in [1.807, 2.05) is 0 Å². The van der Waals surface area contributed by atoms with Crippen molar-refractivity contribution >= 4 is 23.2 Å². The molecule has 1 aromatic rings. The first-order chi connectivity index (χ1) is 13.5. The molecule has 1 aromatic carbocycles. The second-order valence-corrected chi connectivity index (χ2v) is 8.90. The molecular formula is C22H34ClN3O2. The first-order valence-electron chi connectivity index (χ1n) is 10.6. The normalized spacial score (nSPS) is 20.7. The Morgan fingerprint density at radius 2 is 1.96 bits per heavy atom. The topological polar surface area (TPSA) is 67.6 Å². The minimum absolute atomic E-state index is 0.121. The Morgan fingerprint density at radius 1 is 1.29 bits per heavy atom. The van der Waals surface area contributed by atoms with E-state index in [1.165, 1.54) is 25.7 Å². The number of hydrogen-bond donors (Lipinski definition) is 2. The number of likely N-dealkylation sites (tertiary alicyclic amines) is 1. The Balaban J connectivity index is 1.75. The van der Waals surface area contributed by atoms with Crippen LogP contribution in [-0.2, 0) is 0 Å². The molecule has 1 aliphatic carbocycles. The molecule has 0 bridgehead atoms. The number of nitrogens with one attached hydrogen (secondary N) is 1. The largest absolute Gasteiger partial charge is 0.496 e. The number of halogens is 1. The van der Waals surface area contributed by atoms with Gasteiger partial charge in [0, 0.05) is 12.6 Å². The lowest BCUT2D eigenvalue weighted by Crippen LogP contribution is -2.57. The molecule has 0 spiro atoms. The zero-order chi connectivity index (χ0) is 20.1. The van der Waals surface area contributed by atoms with E-state index in [4.69, 9.17) is 22.1 Å². The summed E-state index contributed by atoms with van der Waals surface area (Å²) >= 11 is 6.18. The molecule has 0 aromatic heterocycles. The Bertz CT molecular complexity index is 681. The van der Waals surface area contributed by atoms with Gasteiger partial charge in [0.05, 0.1) is 28.9 Å². The van der Waals surface area contributed by atoms with Crippen molar-refractivity contribution in [3.8, 4) is 5.75 Å². The summed E-state index contributed by atoms with van der Waals surface area (Å²) in [7, 11) is 1.55. The zero-order valence-corrected chi connectivity index (χ0v) is 18.0. The first kappa shape index (κ1) is 21.3. The van der Waals surface area contributed by atoms with Crippen LogP contribution >= 0.6 is 11.6 Å². The van der Waals surface area contributed by atoms with Crippen molar-refractivity contribution in [3.63, 3.8) is 0 Å². The van der Waals surface area contributed by atoms with Gasteiger partial charge in [0.1, 0.15) is 5.75 Å². The highest BCUT2D eigenvalue weighted by molar-refractivity contribution is 6.33. The number of carbonyl (C=O) groups excluding carboxylic acids is 1. The van der Waals surface area contributed by atoms with E-state index < -0.39 is 0 Å². The molecule has 1 amide bonds. The van der Waals surface area contributed by atoms with Crippen LogP contribution in [-0.4, -0.2) is 43.1 Å². The fourth-order valence-electron chi connectivity index (χ4n) is 4.76. The number of amides is 1. The fourth-order valence-corrected chi connectivity index (χ4v) is 4.92. The van der Waals surface area contributed by atoms with Gasteiger partial charge in [-0.3, -0.25) is 4.79 Å². The summed E-state index contributed by atoms with van der Waals surface area (Å²) in [6.07, 6.45) is 9.41. The van der Waals surface area contributed by atoms with Gasteiger partial charge >= 0.3 is 0 Å². The number of rotatable bonds is 6. The van der Waals surface area contributed by atoms with Crippen LogP contribution in [0, 0.1) is 5.92 Å². The molecular weight excluding hydrogens is 374 g/mol. The van der Waals surface area contributed by atoms with Crippen LogP contribution in [0.4, 0.5) is 5.69 Å². The van der Waals surface area contributed by atoms with Crippen molar-refractivity contribution in [3.05, 3.63) is 22.7 Å². The molecule has 28 heavy (non-hydrogen) atoms. The van der Waals surface area contributed by atoms with Crippen LogP contribution in [0.5, 0.6) is 5.75 Å². The third-order valence-electron chi connectivity index (χ3n) is 6.56. The monoisotopic (exact) mass is 407 g/mol. The smallest absolute Gasteiger partial charge is 0.255 e. The second-order valence-electron chi connectivity index (χ2n) is 8.50. The van der Waals surface area contributed by atoms with Crippen molar-refractivity contribution in [2.24, 2.45) is 5.92 Å². The summed E-state index contributed by atoms with van der Waals surface area (Å²) in [4.78, 5) is 15.7. The SMILES string of the molecule is CCC1CCN(CC2(NC(=O)c3cc(Cl)c(N)cc3OC)CCCCC2)CC1. The maximum atomic E-state index is 13.2. The number of methoxy groups -OCH3 is 1. The summed E-state index contributed by atoms with van der Waals surface area (Å²) in [5.74, 6) is 1.20. The molecule has 1 aliphatic heterocycles. The van der Waals surface area contributed by atoms with Gasteiger partial charge in [-0.05, 0) is 50.8 Å². The van der Waals surface area contributed by atoms with Gasteiger partial charge in [0.2, 0.25) is 0 Å². The van der Waals surface area contributed by atoms with E-state index in [1.54, 1.807) is 19.2 Å². The predicted molar refractivity (Wildman–Crippen MR) is 115 cm³/mol. The van der Waals surface area contributed by atoms with Crippen LogP contribution in [0.2, 0.25) is 5.02 Å². The van der Waals surface area contributed by atoms with Crippen molar-refractivity contribution in [1.29, 1.82) is 0 Å². The van der Waals surface area contributed by atoms with E-state index in [9.17, 15) is 4.79 Å². The van der Waals surface area contributed by atoms with Crippen LogP contribution < -0.4 is 15.8 Å². The highest BCUT2D eigenvalue weighted by atomic mass is 35.5. The lowest BCUT2D eigenvalue weighted by Gasteiger charge is -2.43. The number of hydrogen-bond acceptors (Lipinski definition) is 4. The van der Waals surface area contributed by atoms with E-state index >= 15 is 0 Å². The number of benzene rings is 1. The first-order valence-corrected chi connectivity index (χ1v) is 11.0. The number of ether oxygens (including phenoxy) is 1. The van der Waals surface area contributed by atoms with Gasteiger partial charge in [0.15, 0.2) is 0 Å². The fraction of sp³-hybridized carbons (Fsp3) is 0.682. The standard InChI is InChI=1S/C22H34ClN3O2/c1-3-16-7-11-26(12-8-16)15-22(9-5-4-6-10-22)25-21(27)17-13-18(23)19(24)14-20(17)28-2/h13-14,16H,3-12,15,24H2,1-2H3,(H,25,27). The van der Waals surface area contributed by atoms with Gasteiger partial charge < -0.3 is 20.7 Å². The third kappa shape index (κ3) is 4.93. The van der Waals surface area contributed by atoms with Gasteiger partial charge in [-0.25, -0.2) is 0 Å². The molecule has 1 heterocycles. The molecule has 2 aliphatic rings. The van der Waals surface area contributed by atoms with Gasteiger partial charge in [-0.2, -0.15) is 0 Å². The van der Waals surface area contributed by atoms with Gasteiger partial charge in [-0.1, -0.05) is 44.2 Å². The lowest BCUT2D eigenvalue weighted by molar-refractivity contribution is 0.0749. The number of nitrogens with two attached hydrogens (primary N) is 1. The Morgan fingerprint density at radius 3 is 2.57 bits per heavy atom. The predicted octanol–water partition coefficient (Wildman–Crippen LogP) is 4.49. The van der Waals surface area contributed by atoms with Crippen LogP contribution in [0.3, 0.4) is 0 Å². The Labute approximate surface area is 173 Å². The summed E-state index contributed by atoms with van der Waals surface area (Å²) in [6, 6.07) is 3.24. The zero-order valence-electron chi connectivity index (χ0n) is 17.2. The molecule has 3 N–H and O–H groups in total. The third-order valence-corrected chi connectivity index (χ3v) is 6.89. The van der Waals surface area contributed by atoms with Gasteiger partial charge in [-0.15, -0.1) is 0 Å². The number of piperidine rings is 1. The van der Waals surface area contributed by atoms with E-state index in [0.717, 1.165) is 51.2 Å². The number of nitrogens with zero attached hydrogens (tertiary/aromatic N) is 1. The Hall–Kier alpha value is -1.46. The van der Waals surface area contributed by atoms with E-state index in [2.05, 4.69) is 17.1 Å². The maximum absolute atomic E-state index is 13.2. The summed E-state index contributed by atoms with van der Waals surface area (Å²) < 4.78 is 5.39. The molecule has 0 atom stereocenters. The highest BCUT2D eigenvalue weighted by Crippen LogP contribution is 2.33. The minimum Gasteiger partial charge on any atom is -0.496 e. The molecule has 156 valence electrons. The van der Waals surface area contributed by atoms with Crippen molar-refractivity contribution < 1.29 is 9.53 Å². The van der Waals surface area contributed by atoms with E-state index in [0.29, 0.717) is 22.0 Å². The Kier molecular flexibility index (Phi) is 7.10. The van der Waals surface area contributed by atoms with Crippen LogP contribution in [0.25, 0.3) is 0 Å². The second kappa shape index (κ2) is 9.36. The average molecular weight is 408 g/mol. The molecule has 1 saturated carbocycles. The van der Waals surface area contributed by atoms with Gasteiger partial charge in [0.25, 0.3) is 5.91 Å². The van der Waals surface area contributed by atoms with E-state index in [-0.39, 0.29) is 11.4 Å². The summed E-state index contributed by atoms with van der Waals surface area (Å²) in [5, 5.41) is 3.76. The number of nitrogen functional groups attached to an aromatic ring is 1.